The summed E-state index contributed by atoms with van der Waals surface area (Å²) in [6, 6.07) is 7.15. The van der Waals surface area contributed by atoms with Crippen LogP contribution in [0.5, 0.6) is 5.75 Å². The van der Waals surface area contributed by atoms with Crippen LogP contribution >= 0.6 is 0 Å². The van der Waals surface area contributed by atoms with E-state index >= 15 is 0 Å². The lowest BCUT2D eigenvalue weighted by Crippen LogP contribution is -2.33. The Morgan fingerprint density at radius 1 is 1.09 bits per heavy atom. The number of likely N-dealkylation sites (tertiary alicyclic amines) is 1. The van der Waals surface area contributed by atoms with Crippen LogP contribution in [0.4, 0.5) is 0 Å². The molecule has 0 N–H and O–H groups in total. The average molecular weight is 313 g/mol. The van der Waals surface area contributed by atoms with Crippen LogP contribution in [0.3, 0.4) is 0 Å². The zero-order valence-electron chi connectivity index (χ0n) is 13.0. The first-order valence-corrected chi connectivity index (χ1v) is 7.84. The molecule has 1 heterocycles. The highest BCUT2D eigenvalue weighted by atomic mass is 16.5. The number of allylic oxidation sites excluding steroid dienone is 2. The fourth-order valence-corrected chi connectivity index (χ4v) is 3.08. The Bertz CT molecular complexity index is 636. The number of imide groups is 1. The first-order valence-electron chi connectivity index (χ1n) is 7.84. The second kappa shape index (κ2) is 6.36. The minimum Gasteiger partial charge on any atom is -0.426 e. The lowest BCUT2D eigenvalue weighted by Gasteiger charge is -2.14. The highest BCUT2D eigenvalue weighted by molar-refractivity contribution is 6.05. The van der Waals surface area contributed by atoms with Crippen LogP contribution < -0.4 is 4.74 Å². The van der Waals surface area contributed by atoms with Gasteiger partial charge in [-0.15, -0.1) is 0 Å². The summed E-state index contributed by atoms with van der Waals surface area (Å²) >= 11 is 0. The van der Waals surface area contributed by atoms with Crippen LogP contribution in [-0.4, -0.2) is 29.2 Å². The van der Waals surface area contributed by atoms with Gasteiger partial charge in [0.05, 0.1) is 18.3 Å². The number of hydrogen-bond donors (Lipinski definition) is 0. The van der Waals surface area contributed by atoms with E-state index in [1.54, 1.807) is 12.1 Å². The molecule has 5 heteroatoms. The fraction of sp³-hybridized carbons (Fsp3) is 0.389. The van der Waals surface area contributed by atoms with Gasteiger partial charge in [-0.3, -0.25) is 19.3 Å². The molecule has 1 aromatic carbocycles. The normalized spacial score (nSPS) is 23.1. The molecule has 120 valence electrons. The number of benzene rings is 1. The minimum atomic E-state index is -0.442. The zero-order chi connectivity index (χ0) is 16.4. The largest absolute Gasteiger partial charge is 0.426 e. The Labute approximate surface area is 134 Å². The summed E-state index contributed by atoms with van der Waals surface area (Å²) in [7, 11) is 0. The molecule has 0 aromatic heterocycles. The first-order chi connectivity index (χ1) is 11.1. The number of esters is 1. The number of carbonyl (C=O) groups is 3. The topological polar surface area (TPSA) is 63.7 Å². The molecule has 2 amide bonds. The summed E-state index contributed by atoms with van der Waals surface area (Å²) in [5.74, 6) is -0.791. The van der Waals surface area contributed by atoms with E-state index in [0.29, 0.717) is 18.6 Å². The first kappa shape index (κ1) is 15.5. The van der Waals surface area contributed by atoms with Gasteiger partial charge in [0.25, 0.3) is 0 Å². The number of aryl methyl sites for hydroxylation is 1. The van der Waals surface area contributed by atoms with Gasteiger partial charge in [-0.1, -0.05) is 29.8 Å². The van der Waals surface area contributed by atoms with Crippen molar-refractivity contribution in [1.82, 2.24) is 4.90 Å². The van der Waals surface area contributed by atoms with Gasteiger partial charge in [-0.05, 0) is 31.9 Å². The molecule has 2 aliphatic rings. The molecule has 23 heavy (non-hydrogen) atoms. The molecule has 0 unspecified atom stereocenters. The van der Waals surface area contributed by atoms with Crippen LogP contribution in [0.1, 0.15) is 24.8 Å². The average Bonchev–Trinajstić information content (AvgIpc) is 2.80. The summed E-state index contributed by atoms with van der Waals surface area (Å²) in [5.41, 5.74) is 1.08. The van der Waals surface area contributed by atoms with Gasteiger partial charge in [0.1, 0.15) is 5.75 Å². The highest BCUT2D eigenvalue weighted by Crippen LogP contribution is 2.35. The van der Waals surface area contributed by atoms with E-state index in [-0.39, 0.29) is 36.6 Å². The van der Waals surface area contributed by atoms with Crippen LogP contribution in [0.2, 0.25) is 0 Å². The van der Waals surface area contributed by atoms with Crippen molar-refractivity contribution in [3.63, 3.8) is 0 Å². The third-order valence-corrected chi connectivity index (χ3v) is 4.39. The van der Waals surface area contributed by atoms with Gasteiger partial charge < -0.3 is 4.74 Å². The van der Waals surface area contributed by atoms with Crippen LogP contribution in [-0.2, 0) is 14.4 Å². The molecule has 1 aliphatic carbocycles. The second-order valence-corrected chi connectivity index (χ2v) is 6.02. The van der Waals surface area contributed by atoms with Crippen LogP contribution in [0, 0.1) is 18.8 Å². The van der Waals surface area contributed by atoms with E-state index < -0.39 is 5.97 Å². The number of carbonyl (C=O) groups excluding carboxylic acids is 3. The smallest absolute Gasteiger partial charge is 0.312 e. The standard InChI is InChI=1S/C18H19NO4/c1-12-6-8-13(9-7-12)23-16(20)10-11-19-17(21)14-4-2-3-5-15(14)18(19)22/h2-3,6-9,14-15H,4-5,10-11H2,1H3/t14-,15+. The van der Waals surface area contributed by atoms with Gasteiger partial charge in [-0.25, -0.2) is 0 Å². The molecule has 1 saturated heterocycles. The molecule has 0 saturated carbocycles. The Morgan fingerprint density at radius 2 is 1.65 bits per heavy atom. The van der Waals surface area contributed by atoms with Crippen molar-refractivity contribution in [2.24, 2.45) is 11.8 Å². The van der Waals surface area contributed by atoms with Gasteiger partial charge in [0.15, 0.2) is 0 Å². The number of rotatable bonds is 4. The van der Waals surface area contributed by atoms with Crippen molar-refractivity contribution in [2.75, 3.05) is 6.54 Å². The summed E-state index contributed by atoms with van der Waals surface area (Å²) in [4.78, 5) is 37.7. The van der Waals surface area contributed by atoms with Crippen molar-refractivity contribution >= 4 is 17.8 Å². The summed E-state index contributed by atoms with van der Waals surface area (Å²) in [5, 5.41) is 0. The SMILES string of the molecule is Cc1ccc(OC(=O)CCN2C(=O)[C@H]3CC=CC[C@H]3C2=O)cc1. The van der Waals surface area contributed by atoms with Crippen LogP contribution in [0.15, 0.2) is 36.4 Å². The Balaban J connectivity index is 1.56. The van der Waals surface area contributed by atoms with E-state index in [9.17, 15) is 14.4 Å². The molecule has 3 rings (SSSR count). The molecular weight excluding hydrogens is 294 g/mol. The van der Waals surface area contributed by atoms with Gasteiger partial charge in [-0.2, -0.15) is 0 Å². The molecule has 0 spiro atoms. The fourth-order valence-electron chi connectivity index (χ4n) is 3.08. The number of fused-ring (bicyclic) bond motifs is 1. The van der Waals surface area contributed by atoms with Crippen molar-refractivity contribution in [1.29, 1.82) is 0 Å². The highest BCUT2D eigenvalue weighted by Gasteiger charge is 2.46. The van der Waals surface area contributed by atoms with E-state index in [4.69, 9.17) is 4.74 Å². The maximum absolute atomic E-state index is 12.3. The maximum Gasteiger partial charge on any atom is 0.312 e. The quantitative estimate of drug-likeness (QED) is 0.370. The molecular formula is C18H19NO4. The maximum atomic E-state index is 12.3. The van der Waals surface area contributed by atoms with E-state index in [1.807, 2.05) is 31.2 Å². The zero-order valence-corrected chi connectivity index (χ0v) is 13.0. The predicted octanol–water partition coefficient (Wildman–Crippen LogP) is 2.24. The van der Waals surface area contributed by atoms with Gasteiger partial charge in [0, 0.05) is 6.54 Å². The number of amides is 2. The van der Waals surface area contributed by atoms with Gasteiger partial charge in [0.2, 0.25) is 11.8 Å². The van der Waals surface area contributed by atoms with Crippen LogP contribution in [0.25, 0.3) is 0 Å². The van der Waals surface area contributed by atoms with Crippen molar-refractivity contribution in [2.45, 2.75) is 26.2 Å². The lowest BCUT2D eigenvalue weighted by atomic mass is 9.85. The summed E-state index contributed by atoms with van der Waals surface area (Å²) in [6.45, 7) is 2.04. The monoisotopic (exact) mass is 313 g/mol. The van der Waals surface area contributed by atoms with Crippen molar-refractivity contribution in [3.05, 3.63) is 42.0 Å². The number of hydrogen-bond acceptors (Lipinski definition) is 4. The van der Waals surface area contributed by atoms with Crippen molar-refractivity contribution < 1.29 is 19.1 Å². The van der Waals surface area contributed by atoms with Crippen molar-refractivity contribution in [3.8, 4) is 5.75 Å². The molecule has 0 bridgehead atoms. The molecule has 1 fully saturated rings. The predicted molar refractivity (Wildman–Crippen MR) is 83.5 cm³/mol. The lowest BCUT2D eigenvalue weighted by molar-refractivity contribution is -0.141. The molecule has 0 radical (unpaired) electrons. The number of nitrogens with zero attached hydrogens (tertiary/aromatic N) is 1. The summed E-state index contributed by atoms with van der Waals surface area (Å²) in [6.07, 6.45) is 5.13. The molecule has 1 aromatic rings. The van der Waals surface area contributed by atoms with E-state index in [2.05, 4.69) is 0 Å². The third-order valence-electron chi connectivity index (χ3n) is 4.39. The number of ether oxygens (including phenoxy) is 1. The molecule has 1 aliphatic heterocycles. The molecule has 5 nitrogen and oxygen atoms in total. The van der Waals surface area contributed by atoms with Gasteiger partial charge >= 0.3 is 5.97 Å². The Morgan fingerprint density at radius 3 is 2.22 bits per heavy atom. The Kier molecular flexibility index (Phi) is 4.28. The minimum absolute atomic E-state index is 0.0121. The van der Waals surface area contributed by atoms with E-state index in [0.717, 1.165) is 5.56 Å². The Hall–Kier alpha value is -2.43. The second-order valence-electron chi connectivity index (χ2n) is 6.02. The summed E-state index contributed by atoms with van der Waals surface area (Å²) < 4.78 is 5.22. The van der Waals surface area contributed by atoms with E-state index in [1.165, 1.54) is 4.90 Å². The third kappa shape index (κ3) is 3.18. The molecule has 2 atom stereocenters.